The van der Waals surface area contributed by atoms with Gasteiger partial charge in [0.2, 0.25) is 0 Å². The van der Waals surface area contributed by atoms with Crippen LogP contribution in [0.3, 0.4) is 0 Å². The number of hydrogen-bond acceptors (Lipinski definition) is 5. The van der Waals surface area contributed by atoms with Crippen molar-refractivity contribution >= 4 is 0 Å². The van der Waals surface area contributed by atoms with Gasteiger partial charge in [0.15, 0.2) is 11.8 Å². The van der Waals surface area contributed by atoms with Crippen molar-refractivity contribution in [1.82, 2.24) is 9.55 Å². The second kappa shape index (κ2) is 10.1. The highest BCUT2D eigenvalue weighted by molar-refractivity contribution is 5.66. The maximum atomic E-state index is 13.6. The Hall–Kier alpha value is -4.31. The lowest BCUT2D eigenvalue weighted by Gasteiger charge is -2.27. The van der Waals surface area contributed by atoms with Gasteiger partial charge in [-0.25, -0.2) is 4.39 Å². The van der Waals surface area contributed by atoms with Crippen LogP contribution in [0.5, 0.6) is 17.5 Å². The fraction of sp³-hybridized carbons (Fsp3) is 0.185. The van der Waals surface area contributed by atoms with Crippen LogP contribution in [0, 0.1) is 17.1 Å². The van der Waals surface area contributed by atoms with Crippen molar-refractivity contribution in [3.8, 4) is 34.7 Å². The fourth-order valence-electron chi connectivity index (χ4n) is 4.07. The van der Waals surface area contributed by atoms with E-state index in [0.717, 1.165) is 16.7 Å². The van der Waals surface area contributed by atoms with Crippen molar-refractivity contribution in [2.75, 3.05) is 6.61 Å². The summed E-state index contributed by atoms with van der Waals surface area (Å²) in [5.41, 5.74) is 2.58. The first-order valence-corrected chi connectivity index (χ1v) is 10.9. The molecule has 0 radical (unpaired) electrons. The van der Waals surface area contributed by atoms with E-state index in [1.165, 1.54) is 28.8 Å². The van der Waals surface area contributed by atoms with E-state index in [0.29, 0.717) is 18.8 Å². The number of aromatic hydroxyl groups is 2. The minimum Gasteiger partial charge on any atom is -0.494 e. The first kappa shape index (κ1) is 22.9. The first-order valence-electron chi connectivity index (χ1n) is 10.9. The number of hydrogen-bond donors (Lipinski definition) is 2. The van der Waals surface area contributed by atoms with E-state index in [1.807, 2.05) is 49.4 Å². The molecular formula is C27H24FN3O3. The Morgan fingerprint density at radius 3 is 2.38 bits per heavy atom. The summed E-state index contributed by atoms with van der Waals surface area (Å²) in [5.74, 6) is 0.0371. The zero-order valence-electron chi connectivity index (χ0n) is 18.6. The summed E-state index contributed by atoms with van der Waals surface area (Å²) in [4.78, 5) is 4.19. The highest BCUT2D eigenvalue weighted by atomic mass is 19.1. The van der Waals surface area contributed by atoms with E-state index >= 15 is 0 Å². The van der Waals surface area contributed by atoms with Crippen molar-refractivity contribution in [3.63, 3.8) is 0 Å². The molecule has 0 aliphatic carbocycles. The van der Waals surface area contributed by atoms with Crippen molar-refractivity contribution in [2.24, 2.45) is 0 Å². The van der Waals surface area contributed by atoms with E-state index < -0.39 is 5.82 Å². The van der Waals surface area contributed by atoms with Gasteiger partial charge in [-0.1, -0.05) is 31.2 Å². The third kappa shape index (κ3) is 4.86. The van der Waals surface area contributed by atoms with Crippen LogP contribution >= 0.6 is 0 Å². The van der Waals surface area contributed by atoms with Crippen LogP contribution < -0.4 is 4.74 Å². The zero-order chi connectivity index (χ0) is 24.1. The average Bonchev–Trinajstić information content (AvgIpc) is 3.20. The molecule has 34 heavy (non-hydrogen) atoms. The molecule has 2 aromatic heterocycles. The highest BCUT2D eigenvalue weighted by Crippen LogP contribution is 2.38. The molecule has 0 bridgehead atoms. The van der Waals surface area contributed by atoms with Gasteiger partial charge in [-0.2, -0.15) is 5.26 Å². The average molecular weight is 458 g/mol. The summed E-state index contributed by atoms with van der Waals surface area (Å²) in [6, 6.07) is 20.1. The van der Waals surface area contributed by atoms with Gasteiger partial charge in [0.05, 0.1) is 12.2 Å². The van der Waals surface area contributed by atoms with Gasteiger partial charge in [-0.3, -0.25) is 9.55 Å². The number of pyridine rings is 1. The van der Waals surface area contributed by atoms with Gasteiger partial charge in [0, 0.05) is 42.9 Å². The minimum absolute atomic E-state index is 0.00289. The van der Waals surface area contributed by atoms with Gasteiger partial charge in [0.25, 0.3) is 0 Å². The summed E-state index contributed by atoms with van der Waals surface area (Å²) < 4.78 is 21.0. The molecule has 172 valence electrons. The summed E-state index contributed by atoms with van der Waals surface area (Å²) in [6.45, 7) is 2.37. The molecule has 0 aliphatic heterocycles. The Morgan fingerprint density at radius 2 is 1.74 bits per heavy atom. The van der Waals surface area contributed by atoms with Crippen molar-refractivity contribution in [1.29, 1.82) is 5.26 Å². The molecule has 6 nitrogen and oxygen atoms in total. The Morgan fingerprint density at radius 1 is 1.03 bits per heavy atom. The van der Waals surface area contributed by atoms with Crippen LogP contribution in [-0.2, 0) is 0 Å². The molecule has 2 atom stereocenters. The number of benzene rings is 2. The van der Waals surface area contributed by atoms with Crippen molar-refractivity contribution < 1.29 is 19.3 Å². The normalized spacial score (nSPS) is 12.6. The molecule has 0 aliphatic rings. The van der Waals surface area contributed by atoms with E-state index in [4.69, 9.17) is 10.00 Å². The van der Waals surface area contributed by atoms with Crippen LogP contribution in [0.1, 0.15) is 36.4 Å². The predicted molar refractivity (Wildman–Crippen MR) is 126 cm³/mol. The summed E-state index contributed by atoms with van der Waals surface area (Å²) >= 11 is 0. The lowest BCUT2D eigenvalue weighted by molar-refractivity contribution is 0.241. The Balaban J connectivity index is 1.47. The third-order valence-electron chi connectivity index (χ3n) is 5.95. The first-order chi connectivity index (χ1) is 16.5. The molecule has 2 aromatic carbocycles. The highest BCUT2D eigenvalue weighted by Gasteiger charge is 2.25. The van der Waals surface area contributed by atoms with E-state index in [9.17, 15) is 14.6 Å². The molecule has 0 fully saturated rings. The van der Waals surface area contributed by atoms with Crippen LogP contribution in [0.25, 0.3) is 11.1 Å². The number of aromatic nitrogens is 2. The maximum Gasteiger partial charge on any atom is 0.194 e. The van der Waals surface area contributed by atoms with Crippen molar-refractivity contribution in [3.05, 3.63) is 96.1 Å². The van der Waals surface area contributed by atoms with Gasteiger partial charge < -0.3 is 14.9 Å². The molecule has 0 spiro atoms. The van der Waals surface area contributed by atoms with E-state index in [1.54, 1.807) is 18.5 Å². The number of nitriles is 1. The lowest BCUT2D eigenvalue weighted by Crippen LogP contribution is -2.18. The molecule has 7 heteroatoms. The number of nitrogens with zero attached hydrogens (tertiary/aromatic N) is 3. The second-order valence-corrected chi connectivity index (χ2v) is 8.03. The molecule has 4 aromatic rings. The number of ether oxygens (including phenoxy) is 1. The molecule has 0 saturated heterocycles. The van der Waals surface area contributed by atoms with Crippen LogP contribution in [0.4, 0.5) is 4.39 Å². The molecule has 2 heterocycles. The van der Waals surface area contributed by atoms with Crippen molar-refractivity contribution in [2.45, 2.75) is 25.3 Å². The molecule has 0 amide bonds. The Bertz CT molecular complexity index is 1280. The molecule has 2 N–H and O–H groups in total. The maximum absolute atomic E-state index is 13.6. The summed E-state index contributed by atoms with van der Waals surface area (Å²) in [7, 11) is 0. The predicted octanol–water partition coefficient (Wildman–Crippen LogP) is 5.79. The third-order valence-corrected chi connectivity index (χ3v) is 5.95. The van der Waals surface area contributed by atoms with E-state index in [2.05, 4.69) is 4.98 Å². The summed E-state index contributed by atoms with van der Waals surface area (Å²) in [6.07, 6.45) is 4.01. The number of rotatable bonds is 8. The molecule has 1 unspecified atom stereocenters. The lowest BCUT2D eigenvalue weighted by atomic mass is 9.92. The fourth-order valence-corrected chi connectivity index (χ4v) is 4.07. The van der Waals surface area contributed by atoms with Crippen LogP contribution in [0.15, 0.2) is 79.1 Å². The zero-order valence-corrected chi connectivity index (χ0v) is 18.6. The van der Waals surface area contributed by atoms with Gasteiger partial charge in [0.1, 0.15) is 17.6 Å². The molecule has 4 rings (SSSR count). The quantitative estimate of drug-likeness (QED) is 0.350. The summed E-state index contributed by atoms with van der Waals surface area (Å²) in [5, 5.41) is 29.7. The second-order valence-electron chi connectivity index (χ2n) is 8.03. The standard InChI is InChI=1S/C27H24FN3O3/c1-18(21-3-2-13-30-17-21)25(31-26(32)10-11-27(31)33)12-14-34-23-7-4-19(5-8-23)20-6-9-24(28)22(15-20)16-29/h2-11,13,15,17-18,25,32-33H,12,14H2,1H3/t18?,25-/m0/s1. The smallest absolute Gasteiger partial charge is 0.194 e. The van der Waals surface area contributed by atoms with Gasteiger partial charge >= 0.3 is 0 Å². The Labute approximate surface area is 197 Å². The SMILES string of the molecule is CC(c1cccnc1)[C@H](CCOc1ccc(-c2ccc(F)c(C#N)c2)cc1)n1c(O)ccc1O. The van der Waals surface area contributed by atoms with Crippen LogP contribution in [0.2, 0.25) is 0 Å². The molecule has 0 saturated carbocycles. The largest absolute Gasteiger partial charge is 0.494 e. The molecular weight excluding hydrogens is 433 g/mol. The van der Waals surface area contributed by atoms with Gasteiger partial charge in [-0.15, -0.1) is 0 Å². The Kier molecular flexibility index (Phi) is 6.79. The van der Waals surface area contributed by atoms with Crippen LogP contribution in [-0.4, -0.2) is 26.4 Å². The van der Waals surface area contributed by atoms with Gasteiger partial charge in [-0.05, 0) is 47.0 Å². The minimum atomic E-state index is -0.541. The number of halogens is 1. The van der Waals surface area contributed by atoms with E-state index in [-0.39, 0.29) is 29.3 Å². The monoisotopic (exact) mass is 457 g/mol. The topological polar surface area (TPSA) is 91.3 Å².